The molecular weight excluding hydrogens is 486 g/mol. The molecule has 196 valence electrons. The van der Waals surface area contributed by atoms with Crippen LogP contribution in [0.15, 0.2) is 95.9 Å². The SMILES string of the molecule is COc1ccc(C(OC(c2ccccc2)C2OCC(n3ccc(N)nc3=O)O2)c2ccc(OC)cc2)cc1. The van der Waals surface area contributed by atoms with Gasteiger partial charge in [0.15, 0.2) is 12.5 Å². The van der Waals surface area contributed by atoms with Crippen molar-refractivity contribution in [3.05, 3.63) is 118 Å². The number of hydrogen-bond donors (Lipinski definition) is 1. The predicted molar refractivity (Wildman–Crippen MR) is 141 cm³/mol. The van der Waals surface area contributed by atoms with E-state index in [-0.39, 0.29) is 12.4 Å². The van der Waals surface area contributed by atoms with Crippen LogP contribution in [0.1, 0.15) is 35.1 Å². The van der Waals surface area contributed by atoms with E-state index >= 15 is 0 Å². The molecule has 0 amide bonds. The van der Waals surface area contributed by atoms with Crippen molar-refractivity contribution < 1.29 is 23.7 Å². The second-order valence-corrected chi connectivity index (χ2v) is 8.73. The van der Waals surface area contributed by atoms with Gasteiger partial charge in [-0.2, -0.15) is 4.98 Å². The fourth-order valence-electron chi connectivity index (χ4n) is 4.36. The molecule has 9 heteroatoms. The first-order valence-corrected chi connectivity index (χ1v) is 12.2. The molecule has 1 saturated heterocycles. The van der Waals surface area contributed by atoms with E-state index in [1.807, 2.05) is 78.9 Å². The van der Waals surface area contributed by atoms with Gasteiger partial charge in [-0.05, 0) is 47.0 Å². The molecule has 2 N–H and O–H groups in total. The van der Waals surface area contributed by atoms with Crippen LogP contribution in [0.3, 0.4) is 0 Å². The summed E-state index contributed by atoms with van der Waals surface area (Å²) in [7, 11) is 3.26. The van der Waals surface area contributed by atoms with Gasteiger partial charge in [-0.15, -0.1) is 0 Å². The lowest BCUT2D eigenvalue weighted by atomic mass is 10.00. The number of ether oxygens (including phenoxy) is 5. The Labute approximate surface area is 220 Å². The standard InChI is InChI=1S/C29H29N3O6/c1-34-22-12-8-20(9-13-22)26(21-10-14-23(35-2)15-11-21)38-27(19-6-4-3-5-7-19)28-36-18-25(37-28)32-17-16-24(30)31-29(32)33/h3-17,25-28H,18H2,1-2H3,(H2,30,31,33). The fraction of sp³-hybridized carbons (Fsp3) is 0.241. The minimum absolute atomic E-state index is 0.147. The number of methoxy groups -OCH3 is 2. The van der Waals surface area contributed by atoms with Gasteiger partial charge in [0.25, 0.3) is 0 Å². The minimum Gasteiger partial charge on any atom is -0.497 e. The molecule has 0 bridgehead atoms. The molecule has 9 nitrogen and oxygen atoms in total. The number of nitrogens with two attached hydrogens (primary N) is 1. The smallest absolute Gasteiger partial charge is 0.351 e. The monoisotopic (exact) mass is 515 g/mol. The number of benzene rings is 3. The molecule has 1 aliphatic rings. The third-order valence-electron chi connectivity index (χ3n) is 6.35. The Balaban J connectivity index is 1.49. The van der Waals surface area contributed by atoms with Gasteiger partial charge in [0.2, 0.25) is 0 Å². The summed E-state index contributed by atoms with van der Waals surface area (Å²) in [6, 6.07) is 26.7. The lowest BCUT2D eigenvalue weighted by molar-refractivity contribution is -0.173. The summed E-state index contributed by atoms with van der Waals surface area (Å²) in [6.07, 6.45) is -0.990. The molecular formula is C29H29N3O6. The van der Waals surface area contributed by atoms with Crippen molar-refractivity contribution in [3.63, 3.8) is 0 Å². The van der Waals surface area contributed by atoms with Crippen molar-refractivity contribution in [3.8, 4) is 11.5 Å². The molecule has 1 aromatic heterocycles. The number of nitrogens with zero attached hydrogens (tertiary/aromatic N) is 2. The van der Waals surface area contributed by atoms with Gasteiger partial charge in [-0.25, -0.2) is 4.79 Å². The van der Waals surface area contributed by atoms with E-state index in [9.17, 15) is 4.79 Å². The average molecular weight is 516 g/mol. The summed E-state index contributed by atoms with van der Waals surface area (Å²) >= 11 is 0. The van der Waals surface area contributed by atoms with Crippen LogP contribution < -0.4 is 20.9 Å². The van der Waals surface area contributed by atoms with Crippen LogP contribution in [0, 0.1) is 0 Å². The van der Waals surface area contributed by atoms with Crippen LogP contribution in [0.5, 0.6) is 11.5 Å². The summed E-state index contributed by atoms with van der Waals surface area (Å²) in [5.74, 6) is 1.64. The van der Waals surface area contributed by atoms with Crippen molar-refractivity contribution in [2.75, 3.05) is 26.6 Å². The molecule has 0 aliphatic carbocycles. The second kappa shape index (κ2) is 11.5. The van der Waals surface area contributed by atoms with Crippen molar-refractivity contribution in [2.24, 2.45) is 0 Å². The molecule has 0 saturated carbocycles. The highest BCUT2D eigenvalue weighted by molar-refractivity contribution is 5.37. The van der Waals surface area contributed by atoms with Crippen LogP contribution in [0.25, 0.3) is 0 Å². The number of nitrogen functional groups attached to an aromatic ring is 1. The van der Waals surface area contributed by atoms with Crippen molar-refractivity contribution >= 4 is 5.82 Å². The highest BCUT2D eigenvalue weighted by atomic mass is 16.7. The predicted octanol–water partition coefficient (Wildman–Crippen LogP) is 4.26. The third kappa shape index (κ3) is 5.55. The molecule has 3 atom stereocenters. The molecule has 2 heterocycles. The Kier molecular flexibility index (Phi) is 7.69. The zero-order valence-electron chi connectivity index (χ0n) is 21.1. The lowest BCUT2D eigenvalue weighted by Crippen LogP contribution is -2.29. The highest BCUT2D eigenvalue weighted by Gasteiger charge is 2.37. The maximum atomic E-state index is 12.4. The van der Waals surface area contributed by atoms with E-state index in [1.165, 1.54) is 4.57 Å². The molecule has 38 heavy (non-hydrogen) atoms. The van der Waals surface area contributed by atoms with Crippen LogP contribution in [0.2, 0.25) is 0 Å². The molecule has 0 radical (unpaired) electrons. The first-order valence-electron chi connectivity index (χ1n) is 12.2. The van der Waals surface area contributed by atoms with Gasteiger partial charge < -0.3 is 29.4 Å². The van der Waals surface area contributed by atoms with E-state index in [4.69, 9.17) is 29.4 Å². The maximum absolute atomic E-state index is 12.4. The van der Waals surface area contributed by atoms with Gasteiger partial charge in [0, 0.05) is 6.20 Å². The van der Waals surface area contributed by atoms with Gasteiger partial charge >= 0.3 is 5.69 Å². The maximum Gasteiger partial charge on any atom is 0.351 e. The Morgan fingerprint density at radius 2 is 1.47 bits per heavy atom. The van der Waals surface area contributed by atoms with Crippen molar-refractivity contribution in [1.82, 2.24) is 9.55 Å². The zero-order chi connectivity index (χ0) is 26.5. The summed E-state index contributed by atoms with van der Waals surface area (Å²) in [4.78, 5) is 16.2. The summed E-state index contributed by atoms with van der Waals surface area (Å²) in [5.41, 5.74) is 7.85. The van der Waals surface area contributed by atoms with Crippen LogP contribution in [0.4, 0.5) is 5.82 Å². The first kappa shape index (κ1) is 25.5. The molecule has 0 spiro atoms. The van der Waals surface area contributed by atoms with Crippen molar-refractivity contribution in [1.29, 1.82) is 0 Å². The number of rotatable bonds is 9. The van der Waals surface area contributed by atoms with Crippen LogP contribution in [-0.4, -0.2) is 36.7 Å². The number of hydrogen-bond acceptors (Lipinski definition) is 8. The molecule has 1 aliphatic heterocycles. The Hall–Kier alpha value is -4.18. The number of aromatic nitrogens is 2. The Morgan fingerprint density at radius 3 is 2.03 bits per heavy atom. The zero-order valence-corrected chi connectivity index (χ0v) is 21.1. The van der Waals surface area contributed by atoms with Gasteiger partial charge in [0.1, 0.15) is 29.5 Å². The van der Waals surface area contributed by atoms with Crippen molar-refractivity contribution in [2.45, 2.75) is 24.7 Å². The fourth-order valence-corrected chi connectivity index (χ4v) is 4.36. The lowest BCUT2D eigenvalue weighted by Gasteiger charge is -2.29. The summed E-state index contributed by atoms with van der Waals surface area (Å²) in [6.45, 7) is 0.151. The van der Waals surface area contributed by atoms with E-state index in [0.717, 1.165) is 28.2 Å². The molecule has 5 rings (SSSR count). The van der Waals surface area contributed by atoms with Crippen LogP contribution >= 0.6 is 0 Å². The first-order chi connectivity index (χ1) is 18.6. The van der Waals surface area contributed by atoms with Gasteiger partial charge in [0.05, 0.1) is 20.8 Å². The normalized spacial score (nSPS) is 17.9. The number of anilines is 1. The second-order valence-electron chi connectivity index (χ2n) is 8.73. The van der Waals surface area contributed by atoms with E-state index in [2.05, 4.69) is 4.98 Å². The molecule has 3 unspecified atom stereocenters. The summed E-state index contributed by atoms with van der Waals surface area (Å²) in [5, 5.41) is 0. The largest absolute Gasteiger partial charge is 0.497 e. The Morgan fingerprint density at radius 1 is 0.868 bits per heavy atom. The van der Waals surface area contributed by atoms with Crippen LogP contribution in [-0.2, 0) is 14.2 Å². The Bertz CT molecular complexity index is 1350. The molecule has 1 fully saturated rings. The minimum atomic E-state index is -0.786. The molecule has 3 aromatic carbocycles. The third-order valence-corrected chi connectivity index (χ3v) is 6.35. The average Bonchev–Trinajstić information content (AvgIpc) is 3.44. The quantitative estimate of drug-likeness (QED) is 0.352. The van der Waals surface area contributed by atoms with Gasteiger partial charge in [-0.3, -0.25) is 4.57 Å². The van der Waals surface area contributed by atoms with E-state index < -0.39 is 30.4 Å². The van der Waals surface area contributed by atoms with Gasteiger partial charge in [-0.1, -0.05) is 54.6 Å². The highest BCUT2D eigenvalue weighted by Crippen LogP contribution is 2.39. The van der Waals surface area contributed by atoms with E-state index in [0.29, 0.717) is 0 Å². The van der Waals surface area contributed by atoms with E-state index in [1.54, 1.807) is 26.5 Å². The topological polar surface area (TPSA) is 107 Å². The summed E-state index contributed by atoms with van der Waals surface area (Å²) < 4.78 is 31.2. The molecule has 4 aromatic rings.